The Hall–Kier alpha value is -1.61. The number of hydrogen-bond acceptors (Lipinski definition) is 2. The maximum Gasteiger partial charge on any atom is 0.0654 e. The van der Waals surface area contributed by atoms with Crippen molar-refractivity contribution in [3.8, 4) is 5.69 Å². The van der Waals surface area contributed by atoms with Gasteiger partial charge < -0.3 is 5.32 Å². The number of aromatic nitrogens is 2. The molecule has 0 saturated heterocycles. The Labute approximate surface area is 122 Å². The quantitative estimate of drug-likeness (QED) is 0.895. The fourth-order valence-corrected chi connectivity index (χ4v) is 2.65. The van der Waals surface area contributed by atoms with Crippen molar-refractivity contribution in [2.75, 3.05) is 6.54 Å². The summed E-state index contributed by atoms with van der Waals surface area (Å²) in [4.78, 5) is 0. The summed E-state index contributed by atoms with van der Waals surface area (Å²) in [6, 6.07) is 6.89. The summed E-state index contributed by atoms with van der Waals surface area (Å²) in [6.45, 7) is 11.8. The molecule has 0 spiro atoms. The third-order valence-electron chi connectivity index (χ3n) is 3.67. The lowest BCUT2D eigenvalue weighted by Crippen LogP contribution is -2.19. The molecule has 0 amide bonds. The molecule has 0 fully saturated rings. The number of nitrogens with zero attached hydrogens (tertiary/aromatic N) is 2. The number of benzene rings is 1. The summed E-state index contributed by atoms with van der Waals surface area (Å²) in [7, 11) is 0. The predicted molar refractivity (Wildman–Crippen MR) is 84.5 cm³/mol. The van der Waals surface area contributed by atoms with Gasteiger partial charge in [0.05, 0.1) is 11.9 Å². The lowest BCUT2D eigenvalue weighted by molar-refractivity contribution is 0.568. The van der Waals surface area contributed by atoms with E-state index in [-0.39, 0.29) is 0 Å². The first kappa shape index (κ1) is 14.8. The number of rotatable bonds is 5. The van der Waals surface area contributed by atoms with Crippen molar-refractivity contribution >= 4 is 0 Å². The van der Waals surface area contributed by atoms with E-state index in [4.69, 9.17) is 0 Å². The van der Waals surface area contributed by atoms with Crippen LogP contribution in [0.15, 0.2) is 24.4 Å². The fraction of sp³-hybridized carbons (Fsp3) is 0.471. The fourth-order valence-electron chi connectivity index (χ4n) is 2.65. The van der Waals surface area contributed by atoms with Crippen molar-refractivity contribution in [1.29, 1.82) is 0 Å². The van der Waals surface area contributed by atoms with Crippen LogP contribution < -0.4 is 5.32 Å². The summed E-state index contributed by atoms with van der Waals surface area (Å²) < 4.78 is 2.04. The standard InChI is InChI=1S/C17H25N3/c1-6-7-18-14(4)17-11-19-20(15(17)5)16-9-12(2)8-13(3)10-16/h8-11,14,18H,6-7H2,1-5H3. The Morgan fingerprint density at radius 1 is 1.15 bits per heavy atom. The number of nitrogens with one attached hydrogen (secondary N) is 1. The molecule has 2 rings (SSSR count). The highest BCUT2D eigenvalue weighted by Crippen LogP contribution is 2.21. The van der Waals surface area contributed by atoms with Gasteiger partial charge in [-0.15, -0.1) is 0 Å². The van der Waals surface area contributed by atoms with Gasteiger partial charge in [-0.05, 0) is 63.9 Å². The summed E-state index contributed by atoms with van der Waals surface area (Å²) in [5, 5.41) is 8.10. The molecule has 108 valence electrons. The highest BCUT2D eigenvalue weighted by Gasteiger charge is 2.13. The summed E-state index contributed by atoms with van der Waals surface area (Å²) in [6.07, 6.45) is 3.13. The molecule has 0 aliphatic rings. The molecule has 1 aromatic heterocycles. The van der Waals surface area contributed by atoms with E-state index in [2.05, 4.69) is 63.2 Å². The lowest BCUT2D eigenvalue weighted by Gasteiger charge is -2.13. The zero-order valence-corrected chi connectivity index (χ0v) is 13.2. The SMILES string of the molecule is CCCNC(C)c1cnn(-c2cc(C)cc(C)c2)c1C. The minimum Gasteiger partial charge on any atom is -0.310 e. The molecule has 0 radical (unpaired) electrons. The maximum absolute atomic E-state index is 4.57. The van der Waals surface area contributed by atoms with Crippen molar-refractivity contribution in [3.63, 3.8) is 0 Å². The van der Waals surface area contributed by atoms with Gasteiger partial charge in [0.15, 0.2) is 0 Å². The molecule has 0 aliphatic carbocycles. The van der Waals surface area contributed by atoms with Crippen LogP contribution >= 0.6 is 0 Å². The summed E-state index contributed by atoms with van der Waals surface area (Å²) >= 11 is 0. The lowest BCUT2D eigenvalue weighted by atomic mass is 10.1. The van der Waals surface area contributed by atoms with Gasteiger partial charge in [0.1, 0.15) is 0 Å². The van der Waals surface area contributed by atoms with Crippen LogP contribution in [0.4, 0.5) is 0 Å². The molecule has 2 aromatic rings. The molecule has 3 nitrogen and oxygen atoms in total. The number of hydrogen-bond donors (Lipinski definition) is 1. The molecule has 1 N–H and O–H groups in total. The third kappa shape index (κ3) is 3.10. The molecular weight excluding hydrogens is 246 g/mol. The zero-order chi connectivity index (χ0) is 14.7. The van der Waals surface area contributed by atoms with Crippen LogP contribution in [0.5, 0.6) is 0 Å². The van der Waals surface area contributed by atoms with Gasteiger partial charge in [-0.3, -0.25) is 0 Å². The second kappa shape index (κ2) is 6.23. The number of aryl methyl sites for hydroxylation is 2. The molecular formula is C17H25N3. The molecule has 1 heterocycles. The first-order valence-electron chi connectivity index (χ1n) is 7.39. The minimum atomic E-state index is 0.342. The summed E-state index contributed by atoms with van der Waals surface area (Å²) in [5.74, 6) is 0. The Balaban J connectivity index is 2.32. The molecule has 0 saturated carbocycles. The van der Waals surface area contributed by atoms with E-state index in [1.807, 2.05) is 10.9 Å². The smallest absolute Gasteiger partial charge is 0.0654 e. The summed E-state index contributed by atoms with van der Waals surface area (Å²) in [5.41, 5.74) is 6.18. The van der Waals surface area contributed by atoms with E-state index in [0.717, 1.165) is 18.7 Å². The molecule has 20 heavy (non-hydrogen) atoms. The highest BCUT2D eigenvalue weighted by atomic mass is 15.3. The zero-order valence-electron chi connectivity index (χ0n) is 13.2. The molecule has 0 bridgehead atoms. The van der Waals surface area contributed by atoms with Gasteiger partial charge in [-0.1, -0.05) is 13.0 Å². The van der Waals surface area contributed by atoms with Crippen molar-refractivity contribution in [2.24, 2.45) is 0 Å². The van der Waals surface area contributed by atoms with Gasteiger partial charge >= 0.3 is 0 Å². The van der Waals surface area contributed by atoms with Gasteiger partial charge in [-0.25, -0.2) is 4.68 Å². The predicted octanol–water partition coefficient (Wildman–Crippen LogP) is 3.86. The van der Waals surface area contributed by atoms with Gasteiger partial charge in [0, 0.05) is 17.3 Å². The molecule has 1 atom stereocenters. The average molecular weight is 271 g/mol. The van der Waals surface area contributed by atoms with Gasteiger partial charge in [-0.2, -0.15) is 5.10 Å². The first-order chi connectivity index (χ1) is 9.52. The van der Waals surface area contributed by atoms with Crippen molar-refractivity contribution in [3.05, 3.63) is 46.8 Å². The van der Waals surface area contributed by atoms with Crippen molar-refractivity contribution < 1.29 is 0 Å². The van der Waals surface area contributed by atoms with Crippen LogP contribution in [0.25, 0.3) is 5.69 Å². The Morgan fingerprint density at radius 3 is 2.40 bits per heavy atom. The van der Waals surface area contributed by atoms with Gasteiger partial charge in [0.25, 0.3) is 0 Å². The normalized spacial score (nSPS) is 12.7. The molecule has 3 heteroatoms. The average Bonchev–Trinajstić information content (AvgIpc) is 2.76. The van der Waals surface area contributed by atoms with Crippen LogP contribution in [0.1, 0.15) is 48.7 Å². The Kier molecular flexibility index (Phi) is 4.61. The molecule has 1 aromatic carbocycles. The molecule has 1 unspecified atom stereocenters. The minimum absolute atomic E-state index is 0.342. The van der Waals surface area contributed by atoms with E-state index in [1.165, 1.54) is 22.4 Å². The van der Waals surface area contributed by atoms with Crippen molar-refractivity contribution in [2.45, 2.75) is 47.1 Å². The maximum atomic E-state index is 4.57. The largest absolute Gasteiger partial charge is 0.310 e. The Morgan fingerprint density at radius 2 is 1.80 bits per heavy atom. The third-order valence-corrected chi connectivity index (χ3v) is 3.67. The first-order valence-corrected chi connectivity index (χ1v) is 7.39. The van der Waals surface area contributed by atoms with E-state index in [0.29, 0.717) is 6.04 Å². The monoisotopic (exact) mass is 271 g/mol. The van der Waals surface area contributed by atoms with E-state index in [9.17, 15) is 0 Å². The Bertz CT molecular complexity index is 564. The van der Waals surface area contributed by atoms with Gasteiger partial charge in [0.2, 0.25) is 0 Å². The van der Waals surface area contributed by atoms with Crippen LogP contribution in [0, 0.1) is 20.8 Å². The van der Waals surface area contributed by atoms with Crippen LogP contribution in [-0.2, 0) is 0 Å². The topological polar surface area (TPSA) is 29.9 Å². The molecule has 0 aliphatic heterocycles. The van der Waals surface area contributed by atoms with E-state index in [1.54, 1.807) is 0 Å². The second-order valence-corrected chi connectivity index (χ2v) is 5.62. The van der Waals surface area contributed by atoms with Crippen LogP contribution in [-0.4, -0.2) is 16.3 Å². The second-order valence-electron chi connectivity index (χ2n) is 5.62. The van der Waals surface area contributed by atoms with E-state index >= 15 is 0 Å². The van der Waals surface area contributed by atoms with Crippen LogP contribution in [0.3, 0.4) is 0 Å². The van der Waals surface area contributed by atoms with Crippen molar-refractivity contribution in [1.82, 2.24) is 15.1 Å². The highest BCUT2D eigenvalue weighted by molar-refractivity contribution is 5.41. The van der Waals surface area contributed by atoms with Crippen LogP contribution in [0.2, 0.25) is 0 Å². The van der Waals surface area contributed by atoms with E-state index < -0.39 is 0 Å².